The summed E-state index contributed by atoms with van der Waals surface area (Å²) < 4.78 is 0. The second kappa shape index (κ2) is 27.4. The maximum atomic E-state index is 2.57. The molecule has 2 nitrogen and oxygen atoms in total. The normalized spacial score (nSPS) is 20.1. The Morgan fingerprint density at radius 1 is 0.478 bits per heavy atom. The lowest BCUT2D eigenvalue weighted by atomic mass is 9.65. The number of anilines is 5. The topological polar surface area (TPSA) is 6.48 Å². The standard InChI is InChI=1S/C88H86N2/c1-65(68-40-42-70(43-41-68)71-44-46-73(47-45-71)75(39-36-66-22-8-2-9-23-66)63-76-27-20-28-77-64-87(76)77)86(74-24-10-3-11-25-74)62-67-37-51-78(52-38-67)88(60-18-7-19-61-88)79-53-58-85(59-54-79)90(82-33-16-6-17-34-82)83-35-21-26-69(48-55-83)72-49-56-84(57-50-72)89(80-29-12-4-13-30-80)81-31-14-5-15-32-81/h2-6,8-17,20,22-34,37-38,40-46,48-59,65,73,75,77,83,86-87H,7,18-19,21,35-36,39,47,60-64H2,1H3. The molecule has 5 aliphatic carbocycles. The van der Waals surface area contributed by atoms with Crippen LogP contribution in [0.25, 0.3) is 11.1 Å². The average molecular weight is 1170 g/mol. The van der Waals surface area contributed by atoms with Crippen molar-refractivity contribution >= 4 is 39.6 Å². The van der Waals surface area contributed by atoms with Gasteiger partial charge in [-0.05, 0) is 216 Å². The Labute approximate surface area is 537 Å². The first-order valence-electron chi connectivity index (χ1n) is 33.9. The molecular weight excluding hydrogens is 1080 g/mol. The van der Waals surface area contributed by atoms with Crippen LogP contribution in [-0.4, -0.2) is 6.04 Å². The van der Waals surface area contributed by atoms with E-state index in [9.17, 15) is 0 Å². The highest BCUT2D eigenvalue weighted by molar-refractivity contribution is 5.81. The summed E-state index contributed by atoms with van der Waals surface area (Å²) in [5.41, 5.74) is 21.3. The predicted molar refractivity (Wildman–Crippen MR) is 381 cm³/mol. The number of hydrogen-bond acceptors (Lipinski definition) is 2. The molecule has 9 aromatic carbocycles. The molecule has 2 saturated carbocycles. The minimum Gasteiger partial charge on any atom is -0.335 e. The van der Waals surface area contributed by atoms with Gasteiger partial charge in [0.25, 0.3) is 0 Å². The number of allylic oxidation sites excluding steroid dienone is 11. The summed E-state index contributed by atoms with van der Waals surface area (Å²) in [7, 11) is 0. The number of aryl methyl sites for hydroxylation is 1. The fraction of sp³-hybridized carbons (Fsp3) is 0.250. The summed E-state index contributed by atoms with van der Waals surface area (Å²) in [5.74, 6) is 3.48. The molecule has 14 rings (SSSR count). The lowest BCUT2D eigenvalue weighted by Crippen LogP contribution is -2.31. The van der Waals surface area contributed by atoms with Crippen LogP contribution in [0.1, 0.15) is 134 Å². The van der Waals surface area contributed by atoms with Gasteiger partial charge in [0.05, 0.1) is 6.04 Å². The number of nitrogens with zero attached hydrogens (tertiary/aromatic N) is 2. The van der Waals surface area contributed by atoms with Gasteiger partial charge in [0.2, 0.25) is 0 Å². The second-order valence-electron chi connectivity index (χ2n) is 26.5. The van der Waals surface area contributed by atoms with Gasteiger partial charge in [-0.1, -0.05) is 275 Å². The zero-order valence-corrected chi connectivity index (χ0v) is 52.5. The van der Waals surface area contributed by atoms with E-state index >= 15 is 0 Å². The Hall–Kier alpha value is -8.98. The van der Waals surface area contributed by atoms with Gasteiger partial charge in [0.15, 0.2) is 0 Å². The summed E-state index contributed by atoms with van der Waals surface area (Å²) in [6.45, 7) is 2.45. The molecular formula is C88H86N2. The van der Waals surface area contributed by atoms with Crippen molar-refractivity contribution in [2.24, 2.45) is 23.7 Å². The minimum absolute atomic E-state index is 0.0185. The van der Waals surface area contributed by atoms with Crippen molar-refractivity contribution in [3.8, 4) is 0 Å². The highest BCUT2D eigenvalue weighted by Gasteiger charge is 2.40. The highest BCUT2D eigenvalue weighted by Crippen LogP contribution is 2.51. The van der Waals surface area contributed by atoms with Crippen molar-refractivity contribution in [1.29, 1.82) is 0 Å². The van der Waals surface area contributed by atoms with Crippen LogP contribution in [0.5, 0.6) is 0 Å². The van der Waals surface area contributed by atoms with Crippen molar-refractivity contribution in [3.63, 3.8) is 0 Å². The summed E-state index contributed by atoms with van der Waals surface area (Å²) >= 11 is 0. The van der Waals surface area contributed by atoms with E-state index in [1.165, 1.54) is 118 Å². The van der Waals surface area contributed by atoms with Crippen LogP contribution >= 0.6 is 0 Å². The van der Waals surface area contributed by atoms with Crippen molar-refractivity contribution in [1.82, 2.24) is 0 Å². The number of rotatable bonds is 21. The van der Waals surface area contributed by atoms with E-state index in [0.717, 1.165) is 61.0 Å². The Morgan fingerprint density at radius 3 is 1.66 bits per heavy atom. The number of para-hydroxylation sites is 3. The van der Waals surface area contributed by atoms with Gasteiger partial charge in [-0.2, -0.15) is 0 Å². The quantitative estimate of drug-likeness (QED) is 0.0707. The molecule has 5 aliphatic rings. The summed E-state index contributed by atoms with van der Waals surface area (Å²) in [6, 6.07) is 93.4. The molecule has 2 heteroatoms. The molecule has 0 aliphatic heterocycles. The molecule has 0 bridgehead atoms. The van der Waals surface area contributed by atoms with Crippen LogP contribution in [0.4, 0.5) is 28.4 Å². The van der Waals surface area contributed by atoms with Crippen molar-refractivity contribution in [2.75, 3.05) is 9.80 Å². The average Bonchev–Trinajstić information content (AvgIpc) is 1.35. The zero-order valence-electron chi connectivity index (χ0n) is 52.5. The van der Waals surface area contributed by atoms with Crippen molar-refractivity contribution < 1.29 is 0 Å². The summed E-state index contributed by atoms with van der Waals surface area (Å²) in [6.07, 6.45) is 37.2. The monoisotopic (exact) mass is 1170 g/mol. The van der Waals surface area contributed by atoms with E-state index in [1.807, 2.05) is 0 Å². The van der Waals surface area contributed by atoms with Gasteiger partial charge in [-0.25, -0.2) is 0 Å². The molecule has 448 valence electrons. The van der Waals surface area contributed by atoms with E-state index in [1.54, 1.807) is 5.57 Å². The summed E-state index contributed by atoms with van der Waals surface area (Å²) in [5, 5.41) is 0. The molecule has 0 spiro atoms. The molecule has 0 aromatic heterocycles. The highest BCUT2D eigenvalue weighted by atomic mass is 15.2. The van der Waals surface area contributed by atoms with Crippen molar-refractivity contribution in [2.45, 2.75) is 114 Å². The molecule has 0 N–H and O–H groups in total. The smallest absolute Gasteiger partial charge is 0.0528 e. The number of hydrogen-bond donors (Lipinski definition) is 0. The molecule has 7 unspecified atom stereocenters. The maximum Gasteiger partial charge on any atom is 0.0528 e. The van der Waals surface area contributed by atoms with Gasteiger partial charge in [-0.3, -0.25) is 0 Å². The van der Waals surface area contributed by atoms with Gasteiger partial charge in [0, 0.05) is 33.9 Å². The first kappa shape index (κ1) is 58.7. The third kappa shape index (κ3) is 13.2. The largest absolute Gasteiger partial charge is 0.335 e. The van der Waals surface area contributed by atoms with Crippen LogP contribution in [0.15, 0.2) is 309 Å². The molecule has 0 amide bonds. The van der Waals surface area contributed by atoms with E-state index in [0.29, 0.717) is 23.7 Å². The second-order valence-corrected chi connectivity index (χ2v) is 26.5. The fourth-order valence-corrected chi connectivity index (χ4v) is 15.8. The third-order valence-electron chi connectivity index (χ3n) is 21.0. The Kier molecular flexibility index (Phi) is 17.9. The first-order chi connectivity index (χ1) is 44.5. The molecule has 0 heterocycles. The van der Waals surface area contributed by atoms with Crippen LogP contribution in [0, 0.1) is 23.7 Å². The predicted octanol–water partition coefficient (Wildman–Crippen LogP) is 23.2. The molecule has 2 fully saturated rings. The lowest BCUT2D eigenvalue weighted by Gasteiger charge is -2.39. The molecule has 0 saturated heterocycles. The fourth-order valence-electron chi connectivity index (χ4n) is 15.8. The molecule has 9 aromatic rings. The lowest BCUT2D eigenvalue weighted by molar-refractivity contribution is 0.346. The summed E-state index contributed by atoms with van der Waals surface area (Å²) in [4.78, 5) is 4.90. The van der Waals surface area contributed by atoms with Gasteiger partial charge in [-0.15, -0.1) is 0 Å². The van der Waals surface area contributed by atoms with E-state index in [-0.39, 0.29) is 11.5 Å². The molecule has 7 atom stereocenters. The van der Waals surface area contributed by atoms with Crippen LogP contribution < -0.4 is 9.80 Å². The van der Waals surface area contributed by atoms with Crippen LogP contribution in [0.3, 0.4) is 0 Å². The van der Waals surface area contributed by atoms with Gasteiger partial charge < -0.3 is 9.80 Å². The van der Waals surface area contributed by atoms with Crippen LogP contribution in [0.2, 0.25) is 0 Å². The van der Waals surface area contributed by atoms with Gasteiger partial charge in [0.1, 0.15) is 0 Å². The molecule has 0 radical (unpaired) electrons. The van der Waals surface area contributed by atoms with E-state index in [2.05, 4.69) is 320 Å². The SMILES string of the molecule is CC(c1ccc(C2=CCC(C(CCc3ccccc3)CC3=CC=CC4CC34)C=C2)cc1)C(Cc1ccc(C2(c3ccc(N(c4ccccc4)C4C=CC(c5ccc(N(c6ccccc6)c6ccccc6)cc5)=CCC4)cc3)CCCCC2)cc1)c1ccccc1. The van der Waals surface area contributed by atoms with Crippen LogP contribution in [-0.2, 0) is 18.3 Å². The van der Waals surface area contributed by atoms with Gasteiger partial charge >= 0.3 is 0 Å². The number of benzene rings is 9. The molecule has 90 heavy (non-hydrogen) atoms. The minimum atomic E-state index is -0.0185. The third-order valence-corrected chi connectivity index (χ3v) is 21.0. The maximum absolute atomic E-state index is 2.57. The zero-order chi connectivity index (χ0) is 60.5. The Bertz CT molecular complexity index is 3940. The van der Waals surface area contributed by atoms with E-state index in [4.69, 9.17) is 0 Å². The Balaban J connectivity index is 0.662. The van der Waals surface area contributed by atoms with E-state index < -0.39 is 0 Å². The Morgan fingerprint density at radius 2 is 1.02 bits per heavy atom. The first-order valence-corrected chi connectivity index (χ1v) is 33.9. The van der Waals surface area contributed by atoms with Crippen molar-refractivity contribution in [3.05, 3.63) is 353 Å². The number of fused-ring (bicyclic) bond motifs is 1.